The Bertz CT molecular complexity index is 1580. The molecule has 0 radical (unpaired) electrons. The molecule has 0 aromatic rings. The minimum absolute atomic E-state index is 0.0364. The number of carbonyl (C=O) groups is 2. The molecule has 0 aromatic heterocycles. The van der Waals surface area contributed by atoms with E-state index in [1.807, 2.05) is 18.2 Å². The van der Waals surface area contributed by atoms with Crippen LogP contribution in [0.1, 0.15) is 201 Å². The summed E-state index contributed by atoms with van der Waals surface area (Å²) in [4.78, 5) is 26.4. The van der Waals surface area contributed by atoms with Crippen molar-refractivity contribution in [2.45, 2.75) is 250 Å². The highest BCUT2D eigenvalue weighted by Gasteiger charge is 2.47. The lowest BCUT2D eigenvalue weighted by Gasteiger charge is -2.41. The molecule has 72 heavy (non-hydrogen) atoms. The lowest BCUT2D eigenvalue weighted by atomic mass is 9.99. The molecule has 0 aliphatic carbocycles. The minimum atomic E-state index is -1.65. The number of amides is 1. The SMILES string of the molecule is CC/C=C\C/C=C\C/C=C\C/C=C\C/C=C\CCCC(=O)OC1C(OCC(NC(=O)C(O)CCCCC/C=C/C/C=C/C/C=C/CC)C(O)/C=C/CCCCCCCCCCCCC)OC(CO)C(O)C1O. The molecule has 1 rings (SSSR count). The van der Waals surface area contributed by atoms with Crippen LogP contribution >= 0.6 is 0 Å². The van der Waals surface area contributed by atoms with Crippen LogP contribution in [0.3, 0.4) is 0 Å². The van der Waals surface area contributed by atoms with Crippen LogP contribution < -0.4 is 5.32 Å². The van der Waals surface area contributed by atoms with Gasteiger partial charge in [0.05, 0.1) is 25.4 Å². The van der Waals surface area contributed by atoms with Crippen molar-refractivity contribution in [3.63, 3.8) is 0 Å². The number of ether oxygens (including phenoxy) is 3. The van der Waals surface area contributed by atoms with Crippen LogP contribution in [0, 0.1) is 0 Å². The number of hydrogen-bond donors (Lipinski definition) is 6. The average molecular weight is 1010 g/mol. The molecule has 6 N–H and O–H groups in total. The van der Waals surface area contributed by atoms with Gasteiger partial charge in [-0.3, -0.25) is 9.59 Å². The van der Waals surface area contributed by atoms with E-state index in [0.717, 1.165) is 96.3 Å². The van der Waals surface area contributed by atoms with Crippen molar-refractivity contribution in [3.05, 3.63) is 109 Å². The van der Waals surface area contributed by atoms with E-state index in [2.05, 4.69) is 111 Å². The van der Waals surface area contributed by atoms with Gasteiger partial charge in [-0.05, 0) is 96.3 Å². The molecular weight excluding hydrogens is 907 g/mol. The van der Waals surface area contributed by atoms with Gasteiger partial charge in [-0.2, -0.15) is 0 Å². The van der Waals surface area contributed by atoms with Crippen molar-refractivity contribution in [2.24, 2.45) is 0 Å². The monoisotopic (exact) mass is 1010 g/mol. The highest BCUT2D eigenvalue weighted by Crippen LogP contribution is 2.26. The Hall–Kier alpha value is -3.68. The summed E-state index contributed by atoms with van der Waals surface area (Å²) in [6.45, 7) is 5.48. The van der Waals surface area contributed by atoms with Gasteiger partial charge in [-0.15, -0.1) is 0 Å². The zero-order valence-electron chi connectivity index (χ0n) is 45.0. The van der Waals surface area contributed by atoms with E-state index in [1.54, 1.807) is 6.08 Å². The molecule has 0 spiro atoms. The normalized spacial score (nSPS) is 20.4. The Morgan fingerprint density at radius 3 is 1.50 bits per heavy atom. The number of nitrogens with one attached hydrogen (secondary N) is 1. The third kappa shape index (κ3) is 36.3. The van der Waals surface area contributed by atoms with Crippen LogP contribution in [-0.4, -0.2) is 99.6 Å². The fraction of sp³-hybridized carbons (Fsp3) is 0.672. The molecular formula is C61H101NO10. The Labute approximate surface area is 437 Å². The lowest BCUT2D eigenvalue weighted by molar-refractivity contribution is -0.305. The second kappa shape index (κ2) is 48.3. The number of aliphatic hydroxyl groups is 5. The van der Waals surface area contributed by atoms with Crippen molar-refractivity contribution in [1.82, 2.24) is 5.32 Å². The first-order valence-corrected chi connectivity index (χ1v) is 28.2. The molecule has 8 unspecified atom stereocenters. The van der Waals surface area contributed by atoms with Gasteiger partial charge in [0.1, 0.15) is 24.4 Å². The summed E-state index contributed by atoms with van der Waals surface area (Å²) in [7, 11) is 0. The first-order valence-electron chi connectivity index (χ1n) is 28.2. The molecule has 0 aromatic carbocycles. The van der Waals surface area contributed by atoms with E-state index < -0.39 is 67.4 Å². The molecule has 1 amide bonds. The van der Waals surface area contributed by atoms with E-state index in [9.17, 15) is 35.1 Å². The van der Waals surface area contributed by atoms with E-state index in [1.165, 1.54) is 51.4 Å². The van der Waals surface area contributed by atoms with Crippen molar-refractivity contribution < 1.29 is 49.3 Å². The first kappa shape index (κ1) is 66.3. The van der Waals surface area contributed by atoms with E-state index in [-0.39, 0.29) is 19.4 Å². The van der Waals surface area contributed by atoms with Crippen LogP contribution in [0.15, 0.2) is 109 Å². The van der Waals surface area contributed by atoms with Crippen molar-refractivity contribution in [2.75, 3.05) is 13.2 Å². The summed E-state index contributed by atoms with van der Waals surface area (Å²) in [5.74, 6) is -1.29. The van der Waals surface area contributed by atoms with Crippen molar-refractivity contribution >= 4 is 11.9 Å². The number of aliphatic hydroxyl groups excluding tert-OH is 5. The van der Waals surface area contributed by atoms with Gasteiger partial charge in [0.25, 0.3) is 0 Å². The van der Waals surface area contributed by atoms with Gasteiger partial charge < -0.3 is 45.1 Å². The second-order valence-corrected chi connectivity index (χ2v) is 18.9. The zero-order valence-corrected chi connectivity index (χ0v) is 45.0. The van der Waals surface area contributed by atoms with Gasteiger partial charge in [-0.25, -0.2) is 0 Å². The molecule has 0 saturated carbocycles. The van der Waals surface area contributed by atoms with Gasteiger partial charge >= 0.3 is 5.97 Å². The molecule has 410 valence electrons. The largest absolute Gasteiger partial charge is 0.454 e. The molecule has 1 heterocycles. The summed E-state index contributed by atoms with van der Waals surface area (Å²) in [6.07, 6.45) is 54.2. The van der Waals surface area contributed by atoms with Gasteiger partial charge in [0.2, 0.25) is 5.91 Å². The predicted molar refractivity (Wildman–Crippen MR) is 296 cm³/mol. The second-order valence-electron chi connectivity index (χ2n) is 18.9. The highest BCUT2D eigenvalue weighted by atomic mass is 16.7. The molecule has 1 fully saturated rings. The zero-order chi connectivity index (χ0) is 52.5. The summed E-state index contributed by atoms with van der Waals surface area (Å²) in [5, 5.41) is 56.7. The number of unbranched alkanes of at least 4 members (excludes halogenated alkanes) is 15. The van der Waals surface area contributed by atoms with Crippen LogP contribution in [0.2, 0.25) is 0 Å². The molecule has 11 nitrogen and oxygen atoms in total. The van der Waals surface area contributed by atoms with Gasteiger partial charge in [0.15, 0.2) is 12.4 Å². The summed E-state index contributed by atoms with van der Waals surface area (Å²) in [5.41, 5.74) is 0. The van der Waals surface area contributed by atoms with Crippen LogP contribution in [-0.2, 0) is 23.8 Å². The summed E-state index contributed by atoms with van der Waals surface area (Å²) < 4.78 is 17.5. The quantitative estimate of drug-likeness (QED) is 0.0196. The Kier molecular flexibility index (Phi) is 44.5. The van der Waals surface area contributed by atoms with Crippen LogP contribution in [0.5, 0.6) is 0 Å². The van der Waals surface area contributed by atoms with E-state index in [0.29, 0.717) is 19.3 Å². The van der Waals surface area contributed by atoms with Crippen LogP contribution in [0.4, 0.5) is 0 Å². The molecule has 1 aliphatic rings. The molecule has 8 atom stereocenters. The fourth-order valence-corrected chi connectivity index (χ4v) is 7.99. The van der Waals surface area contributed by atoms with E-state index in [4.69, 9.17) is 14.2 Å². The average Bonchev–Trinajstić information content (AvgIpc) is 3.38. The number of rotatable bonds is 45. The smallest absolute Gasteiger partial charge is 0.306 e. The topological polar surface area (TPSA) is 175 Å². The third-order valence-corrected chi connectivity index (χ3v) is 12.4. The molecule has 1 saturated heterocycles. The third-order valence-electron chi connectivity index (χ3n) is 12.4. The maximum absolute atomic E-state index is 13.4. The van der Waals surface area contributed by atoms with Crippen molar-refractivity contribution in [1.29, 1.82) is 0 Å². The molecule has 11 heteroatoms. The first-order chi connectivity index (χ1) is 35.2. The van der Waals surface area contributed by atoms with Crippen LogP contribution in [0.25, 0.3) is 0 Å². The Morgan fingerprint density at radius 2 is 1.00 bits per heavy atom. The minimum Gasteiger partial charge on any atom is -0.454 e. The predicted octanol–water partition coefficient (Wildman–Crippen LogP) is 12.5. The Morgan fingerprint density at radius 1 is 0.556 bits per heavy atom. The highest BCUT2D eigenvalue weighted by molar-refractivity contribution is 5.80. The summed E-state index contributed by atoms with van der Waals surface area (Å²) in [6, 6.07) is -1.05. The van der Waals surface area contributed by atoms with Crippen molar-refractivity contribution in [3.8, 4) is 0 Å². The van der Waals surface area contributed by atoms with E-state index >= 15 is 0 Å². The number of carbonyl (C=O) groups excluding carboxylic acids is 2. The number of esters is 1. The summed E-state index contributed by atoms with van der Waals surface area (Å²) >= 11 is 0. The molecule has 1 aliphatic heterocycles. The number of allylic oxidation sites excluding steroid dienone is 17. The number of hydrogen-bond acceptors (Lipinski definition) is 10. The fourth-order valence-electron chi connectivity index (χ4n) is 7.99. The standard InChI is InChI=1S/C61H101NO10/c1-4-7-10-13-16-19-22-25-26-27-28-31-34-37-40-43-46-49-56(66)72-59-58(68)57(67)55(50-63)71-61(59)70-51-52(53(64)47-44-41-38-35-32-29-23-20-17-14-11-8-5-2)62-60(69)54(65)48-45-42-39-36-33-30-24-21-18-15-12-9-6-3/h7,9-10,12,16,18-19,21,25-26,28,30-31,33,37,40,44,47,52-55,57-59,61,63-65,67-68H,4-6,8,11,13-15,17,20,22-24,27,29,32,34-36,38-39,41-43,45-46,48-51H2,1-3H3,(H,62,69)/b10-7-,12-9+,19-16-,21-18+,26-25-,31-28-,33-30+,40-37-,47-44+. The Balaban J connectivity index is 2.81. The maximum atomic E-state index is 13.4. The maximum Gasteiger partial charge on any atom is 0.306 e. The van der Waals surface area contributed by atoms with Gasteiger partial charge in [-0.1, -0.05) is 207 Å². The molecule has 0 bridgehead atoms. The van der Waals surface area contributed by atoms with Gasteiger partial charge in [0, 0.05) is 6.42 Å². The lowest BCUT2D eigenvalue weighted by Crippen LogP contribution is -2.61.